The zero-order valence-electron chi connectivity index (χ0n) is 9.73. The minimum Gasteiger partial charge on any atom is -0.395 e. The summed E-state index contributed by atoms with van der Waals surface area (Å²) in [5.74, 6) is 0. The van der Waals surface area contributed by atoms with Gasteiger partial charge in [0.25, 0.3) is 0 Å². The van der Waals surface area contributed by atoms with E-state index in [0.29, 0.717) is 0 Å². The van der Waals surface area contributed by atoms with Gasteiger partial charge in [-0.25, -0.2) is 0 Å². The van der Waals surface area contributed by atoms with Gasteiger partial charge in [0.2, 0.25) is 0 Å². The number of rotatable bonds is 5. The molecule has 1 aromatic rings. The Bertz CT molecular complexity index is 267. The van der Waals surface area contributed by atoms with Crippen LogP contribution >= 0.6 is 11.3 Å². The molecule has 0 fully saturated rings. The Balaban J connectivity index is 2.51. The molecule has 0 aliphatic rings. The molecule has 3 nitrogen and oxygen atoms in total. The van der Waals surface area contributed by atoms with Gasteiger partial charge in [0, 0.05) is 30.7 Å². The van der Waals surface area contributed by atoms with Crippen molar-refractivity contribution in [3.63, 3.8) is 0 Å². The second-order valence-electron chi connectivity index (χ2n) is 4.96. The van der Waals surface area contributed by atoms with Crippen LogP contribution in [-0.4, -0.2) is 34.7 Å². The summed E-state index contributed by atoms with van der Waals surface area (Å²) in [6.45, 7) is 9.47. The van der Waals surface area contributed by atoms with E-state index in [1.165, 1.54) is 4.88 Å². The smallest absolute Gasteiger partial charge is 0.0794 e. The first-order valence-corrected chi connectivity index (χ1v) is 6.10. The molecule has 1 aromatic heterocycles. The summed E-state index contributed by atoms with van der Waals surface area (Å²) in [6.07, 6.45) is 1.90. The van der Waals surface area contributed by atoms with Gasteiger partial charge < -0.3 is 5.11 Å². The number of aromatic nitrogens is 1. The van der Waals surface area contributed by atoms with Crippen LogP contribution in [0.25, 0.3) is 0 Å². The van der Waals surface area contributed by atoms with Crippen LogP contribution < -0.4 is 0 Å². The third-order valence-electron chi connectivity index (χ3n) is 1.98. The molecular weight excluding hydrogens is 208 g/mol. The monoisotopic (exact) mass is 228 g/mol. The summed E-state index contributed by atoms with van der Waals surface area (Å²) >= 11 is 1.67. The first kappa shape index (κ1) is 12.6. The Morgan fingerprint density at radius 3 is 2.67 bits per heavy atom. The second-order valence-corrected chi connectivity index (χ2v) is 5.93. The number of hydrogen-bond donors (Lipinski definition) is 1. The number of hydrogen-bond acceptors (Lipinski definition) is 4. The molecular formula is C11H20N2OS. The minimum atomic E-state index is 0.217. The maximum atomic E-state index is 9.01. The molecule has 0 spiro atoms. The lowest BCUT2D eigenvalue weighted by Crippen LogP contribution is -2.34. The lowest BCUT2D eigenvalue weighted by Gasteiger charge is -2.28. The topological polar surface area (TPSA) is 36.4 Å². The maximum Gasteiger partial charge on any atom is 0.0794 e. The summed E-state index contributed by atoms with van der Waals surface area (Å²) in [4.78, 5) is 7.59. The van der Waals surface area contributed by atoms with Gasteiger partial charge in [-0.15, -0.1) is 11.3 Å². The summed E-state index contributed by atoms with van der Waals surface area (Å²) in [5.41, 5.74) is 2.11. The zero-order valence-corrected chi connectivity index (χ0v) is 10.5. The molecule has 0 unspecified atom stereocenters. The van der Waals surface area contributed by atoms with E-state index >= 15 is 0 Å². The van der Waals surface area contributed by atoms with Crippen LogP contribution in [0, 0.1) is 5.41 Å². The van der Waals surface area contributed by atoms with Crippen molar-refractivity contribution in [2.45, 2.75) is 27.3 Å². The first-order chi connectivity index (χ1) is 7.01. The third-order valence-corrected chi connectivity index (χ3v) is 2.74. The number of aliphatic hydroxyl groups excluding tert-OH is 1. The molecule has 0 bridgehead atoms. The highest BCUT2D eigenvalue weighted by atomic mass is 32.1. The van der Waals surface area contributed by atoms with Crippen LogP contribution in [0.2, 0.25) is 0 Å². The third kappa shape index (κ3) is 5.25. The van der Waals surface area contributed by atoms with Gasteiger partial charge in [0.05, 0.1) is 12.1 Å². The Morgan fingerprint density at radius 2 is 2.20 bits per heavy atom. The van der Waals surface area contributed by atoms with Crippen molar-refractivity contribution < 1.29 is 5.11 Å². The number of aliphatic hydroxyl groups is 1. The number of thiazole rings is 1. The summed E-state index contributed by atoms with van der Waals surface area (Å²) in [5, 5.41) is 9.01. The van der Waals surface area contributed by atoms with Crippen LogP contribution in [0.3, 0.4) is 0 Å². The van der Waals surface area contributed by atoms with Gasteiger partial charge in [-0.1, -0.05) is 20.8 Å². The Hall–Kier alpha value is -0.450. The highest BCUT2D eigenvalue weighted by molar-refractivity contribution is 7.09. The van der Waals surface area contributed by atoms with Crippen molar-refractivity contribution in [2.75, 3.05) is 19.7 Å². The van der Waals surface area contributed by atoms with Crippen LogP contribution in [0.1, 0.15) is 25.6 Å². The molecule has 1 rings (SSSR count). The average molecular weight is 228 g/mol. The molecule has 0 aliphatic heterocycles. The van der Waals surface area contributed by atoms with Gasteiger partial charge in [-0.05, 0) is 5.41 Å². The molecule has 0 radical (unpaired) electrons. The fourth-order valence-electron chi connectivity index (χ4n) is 1.57. The van der Waals surface area contributed by atoms with Crippen LogP contribution in [0.15, 0.2) is 11.7 Å². The number of nitrogens with zero attached hydrogens (tertiary/aromatic N) is 2. The van der Waals surface area contributed by atoms with E-state index < -0.39 is 0 Å². The molecule has 4 heteroatoms. The van der Waals surface area contributed by atoms with Crippen LogP contribution in [-0.2, 0) is 6.54 Å². The summed E-state index contributed by atoms with van der Waals surface area (Å²) in [7, 11) is 0. The molecule has 0 amide bonds. The Kier molecular flexibility index (Phi) is 4.70. The van der Waals surface area contributed by atoms with Crippen LogP contribution in [0.5, 0.6) is 0 Å². The molecule has 86 valence electrons. The van der Waals surface area contributed by atoms with Gasteiger partial charge in [0.1, 0.15) is 0 Å². The summed E-state index contributed by atoms with van der Waals surface area (Å²) < 4.78 is 0. The Labute approximate surface area is 95.8 Å². The molecule has 0 saturated heterocycles. The summed E-state index contributed by atoms with van der Waals surface area (Å²) in [6, 6.07) is 0. The largest absolute Gasteiger partial charge is 0.395 e. The molecule has 0 aliphatic carbocycles. The van der Waals surface area contributed by atoms with Gasteiger partial charge in [-0.2, -0.15) is 0 Å². The molecule has 1 heterocycles. The van der Waals surface area contributed by atoms with Crippen molar-refractivity contribution in [1.82, 2.24) is 9.88 Å². The molecule has 15 heavy (non-hydrogen) atoms. The average Bonchev–Trinajstić information content (AvgIpc) is 2.54. The highest BCUT2D eigenvalue weighted by Crippen LogP contribution is 2.17. The predicted molar refractivity (Wildman–Crippen MR) is 63.9 cm³/mol. The Morgan fingerprint density at radius 1 is 1.47 bits per heavy atom. The second kappa shape index (κ2) is 5.58. The molecule has 1 N–H and O–H groups in total. The van der Waals surface area contributed by atoms with Crippen molar-refractivity contribution in [1.29, 1.82) is 0 Å². The lowest BCUT2D eigenvalue weighted by atomic mass is 9.96. The van der Waals surface area contributed by atoms with E-state index in [1.807, 2.05) is 11.7 Å². The van der Waals surface area contributed by atoms with Crippen LogP contribution in [0.4, 0.5) is 0 Å². The van der Waals surface area contributed by atoms with E-state index in [2.05, 4.69) is 30.7 Å². The zero-order chi connectivity index (χ0) is 11.3. The van der Waals surface area contributed by atoms with Crippen molar-refractivity contribution in [3.8, 4) is 0 Å². The van der Waals surface area contributed by atoms with E-state index in [9.17, 15) is 0 Å². The minimum absolute atomic E-state index is 0.217. The van der Waals surface area contributed by atoms with Gasteiger partial charge >= 0.3 is 0 Å². The normalized spacial score (nSPS) is 12.3. The fourth-order valence-corrected chi connectivity index (χ4v) is 2.20. The van der Waals surface area contributed by atoms with Gasteiger partial charge in [-0.3, -0.25) is 9.88 Å². The lowest BCUT2D eigenvalue weighted by molar-refractivity contribution is 0.147. The fraction of sp³-hybridized carbons (Fsp3) is 0.727. The molecule has 0 saturated carbocycles. The van der Waals surface area contributed by atoms with Crippen molar-refractivity contribution in [2.24, 2.45) is 5.41 Å². The van der Waals surface area contributed by atoms with Crippen molar-refractivity contribution >= 4 is 11.3 Å². The van der Waals surface area contributed by atoms with Gasteiger partial charge in [0.15, 0.2) is 0 Å². The van der Waals surface area contributed by atoms with E-state index in [0.717, 1.165) is 19.6 Å². The SMILES string of the molecule is CC(C)(C)CN(CCO)Cc1cncs1. The quantitative estimate of drug-likeness (QED) is 0.837. The first-order valence-electron chi connectivity index (χ1n) is 5.22. The van der Waals surface area contributed by atoms with E-state index in [1.54, 1.807) is 11.3 Å². The molecule has 0 aromatic carbocycles. The maximum absolute atomic E-state index is 9.01. The van der Waals surface area contributed by atoms with E-state index in [4.69, 9.17) is 5.11 Å². The van der Waals surface area contributed by atoms with Crippen molar-refractivity contribution in [3.05, 3.63) is 16.6 Å². The standard InChI is InChI=1S/C11H20N2OS/c1-11(2,3)8-13(4-5-14)7-10-6-12-9-15-10/h6,9,14H,4-5,7-8H2,1-3H3. The predicted octanol–water partition coefficient (Wildman–Crippen LogP) is 1.98. The highest BCUT2D eigenvalue weighted by Gasteiger charge is 2.16. The van der Waals surface area contributed by atoms with E-state index in [-0.39, 0.29) is 12.0 Å². The molecule has 0 atom stereocenters.